The third-order valence-electron chi connectivity index (χ3n) is 3.18. The van der Waals surface area contributed by atoms with Crippen molar-refractivity contribution in [3.8, 4) is 11.4 Å². The standard InChI is InChI=1S/C11H13N5OS/c17-6-10(16-3-1-12-2-4-16)8-7-18-15-9-5-13-14-11(8)9/h5-7,10,12H,1-4H2. The molecule has 0 aromatic carbocycles. The van der Waals surface area contributed by atoms with Crippen molar-refractivity contribution in [3.05, 3.63) is 17.1 Å². The predicted octanol–water partition coefficient (Wildman–Crippen LogP) is 0.183. The Morgan fingerprint density at radius 3 is 3.06 bits per heavy atom. The largest absolute Gasteiger partial charge is 0.314 e. The van der Waals surface area contributed by atoms with Gasteiger partial charge in [0.05, 0.1) is 12.2 Å². The van der Waals surface area contributed by atoms with Crippen molar-refractivity contribution >= 4 is 17.8 Å². The maximum atomic E-state index is 11.4. The SMILES string of the molecule is O=CC(c1csnc2cnnc1-2)N1CCNCC1. The molecule has 0 amide bonds. The Balaban J connectivity index is 1.95. The van der Waals surface area contributed by atoms with Gasteiger partial charge in [-0.05, 0) is 11.5 Å². The molecule has 0 radical (unpaired) electrons. The zero-order valence-electron chi connectivity index (χ0n) is 9.74. The first-order valence-corrected chi connectivity index (χ1v) is 6.69. The molecule has 3 aliphatic heterocycles. The third-order valence-corrected chi connectivity index (χ3v) is 3.84. The molecule has 94 valence electrons. The second-order valence-electron chi connectivity index (χ2n) is 4.22. The predicted molar refractivity (Wildman–Crippen MR) is 67.6 cm³/mol. The summed E-state index contributed by atoms with van der Waals surface area (Å²) in [6.07, 6.45) is 2.62. The molecule has 1 saturated heterocycles. The molecule has 1 atom stereocenters. The number of nitrogens with one attached hydrogen (secondary N) is 1. The van der Waals surface area contributed by atoms with E-state index in [1.807, 2.05) is 5.38 Å². The lowest BCUT2D eigenvalue weighted by molar-refractivity contribution is -0.112. The first-order valence-electron chi connectivity index (χ1n) is 5.86. The van der Waals surface area contributed by atoms with Crippen LogP contribution in [0, 0.1) is 0 Å². The van der Waals surface area contributed by atoms with Crippen LogP contribution in [0.25, 0.3) is 11.4 Å². The summed E-state index contributed by atoms with van der Waals surface area (Å²) in [5.41, 5.74) is 2.42. The summed E-state index contributed by atoms with van der Waals surface area (Å²) in [7, 11) is 0. The molecule has 0 spiro atoms. The number of aldehydes is 1. The lowest BCUT2D eigenvalue weighted by Crippen LogP contribution is -2.45. The molecular formula is C11H13N5OS. The minimum atomic E-state index is -0.245. The molecule has 0 aromatic rings. The van der Waals surface area contributed by atoms with Crippen molar-refractivity contribution < 1.29 is 4.79 Å². The van der Waals surface area contributed by atoms with Gasteiger partial charge in [-0.15, -0.1) is 5.10 Å². The highest BCUT2D eigenvalue weighted by Gasteiger charge is 2.26. The van der Waals surface area contributed by atoms with E-state index in [4.69, 9.17) is 0 Å². The maximum absolute atomic E-state index is 11.4. The van der Waals surface area contributed by atoms with Crippen molar-refractivity contribution in [2.75, 3.05) is 26.2 Å². The van der Waals surface area contributed by atoms with E-state index in [0.29, 0.717) is 0 Å². The van der Waals surface area contributed by atoms with E-state index in [9.17, 15) is 4.79 Å². The zero-order valence-corrected chi connectivity index (χ0v) is 10.6. The molecule has 18 heavy (non-hydrogen) atoms. The molecule has 3 rings (SSSR count). The van der Waals surface area contributed by atoms with Gasteiger partial charge in [0.2, 0.25) is 0 Å². The van der Waals surface area contributed by atoms with Gasteiger partial charge in [-0.2, -0.15) is 9.47 Å². The monoisotopic (exact) mass is 263 g/mol. The molecule has 1 fully saturated rings. The number of aromatic nitrogens is 3. The number of nitrogens with zero attached hydrogens (tertiary/aromatic N) is 4. The van der Waals surface area contributed by atoms with Crippen LogP contribution in [0.1, 0.15) is 11.6 Å². The van der Waals surface area contributed by atoms with Crippen LogP contribution < -0.4 is 5.32 Å². The van der Waals surface area contributed by atoms with Gasteiger partial charge in [0.15, 0.2) is 0 Å². The van der Waals surface area contributed by atoms with Crippen LogP contribution in [-0.4, -0.2) is 51.9 Å². The van der Waals surface area contributed by atoms with Gasteiger partial charge in [-0.3, -0.25) is 4.90 Å². The van der Waals surface area contributed by atoms with E-state index in [1.165, 1.54) is 11.5 Å². The van der Waals surface area contributed by atoms with Gasteiger partial charge in [0.1, 0.15) is 17.7 Å². The number of carbonyl (C=O) groups excluding carboxylic acids is 1. The lowest BCUT2D eigenvalue weighted by Gasteiger charge is -2.32. The summed E-state index contributed by atoms with van der Waals surface area (Å²) in [6.45, 7) is 3.56. The highest BCUT2D eigenvalue weighted by molar-refractivity contribution is 7.03. The van der Waals surface area contributed by atoms with Crippen LogP contribution in [0.3, 0.4) is 0 Å². The summed E-state index contributed by atoms with van der Waals surface area (Å²) in [6, 6.07) is -0.245. The molecule has 0 saturated carbocycles. The van der Waals surface area contributed by atoms with Crippen LogP contribution in [0.5, 0.6) is 0 Å². The van der Waals surface area contributed by atoms with Gasteiger partial charge >= 0.3 is 0 Å². The van der Waals surface area contributed by atoms with Crippen LogP contribution in [0.2, 0.25) is 0 Å². The number of piperazine rings is 1. The minimum Gasteiger partial charge on any atom is -0.314 e. The second kappa shape index (κ2) is 5.05. The Bertz CT molecular complexity index is 510. The fourth-order valence-corrected chi connectivity index (χ4v) is 2.91. The van der Waals surface area contributed by atoms with Gasteiger partial charge < -0.3 is 10.1 Å². The van der Waals surface area contributed by atoms with Crippen molar-refractivity contribution in [1.82, 2.24) is 24.8 Å². The lowest BCUT2D eigenvalue weighted by atomic mass is 10.1. The molecule has 0 aromatic heterocycles. The molecule has 0 aliphatic carbocycles. The molecule has 0 bridgehead atoms. The van der Waals surface area contributed by atoms with E-state index in [-0.39, 0.29) is 6.04 Å². The first kappa shape index (κ1) is 11.6. The number of rotatable bonds is 3. The summed E-state index contributed by atoms with van der Waals surface area (Å²) < 4.78 is 4.23. The molecule has 1 unspecified atom stereocenters. The Hall–Kier alpha value is -1.44. The number of fused-ring (bicyclic) bond motifs is 1. The molecule has 1 N–H and O–H groups in total. The number of hydrogen-bond acceptors (Lipinski definition) is 7. The van der Waals surface area contributed by atoms with Crippen LogP contribution in [0.4, 0.5) is 0 Å². The smallest absolute Gasteiger partial charge is 0.141 e. The Labute approximate surface area is 109 Å². The molecule has 3 heterocycles. The van der Waals surface area contributed by atoms with Gasteiger partial charge in [0, 0.05) is 37.1 Å². The molecule has 6 nitrogen and oxygen atoms in total. The second-order valence-corrected chi connectivity index (χ2v) is 4.84. The van der Waals surface area contributed by atoms with E-state index < -0.39 is 0 Å². The Morgan fingerprint density at radius 1 is 1.44 bits per heavy atom. The van der Waals surface area contributed by atoms with E-state index in [0.717, 1.165) is 49.4 Å². The summed E-state index contributed by atoms with van der Waals surface area (Å²) in [5.74, 6) is 0. The highest BCUT2D eigenvalue weighted by atomic mass is 32.1. The molecule has 3 aliphatic rings. The number of hydrogen-bond donors (Lipinski definition) is 1. The van der Waals surface area contributed by atoms with E-state index >= 15 is 0 Å². The van der Waals surface area contributed by atoms with Gasteiger partial charge in [-0.1, -0.05) is 0 Å². The van der Waals surface area contributed by atoms with Crippen LogP contribution in [0.15, 0.2) is 11.6 Å². The summed E-state index contributed by atoms with van der Waals surface area (Å²) >= 11 is 1.34. The van der Waals surface area contributed by atoms with Gasteiger partial charge in [0.25, 0.3) is 0 Å². The van der Waals surface area contributed by atoms with Crippen molar-refractivity contribution in [2.45, 2.75) is 6.04 Å². The molecule has 7 heteroatoms. The van der Waals surface area contributed by atoms with Crippen LogP contribution >= 0.6 is 11.5 Å². The van der Waals surface area contributed by atoms with Crippen molar-refractivity contribution in [1.29, 1.82) is 0 Å². The third kappa shape index (κ3) is 2.00. The Kier molecular flexibility index (Phi) is 3.26. The quantitative estimate of drug-likeness (QED) is 0.797. The average molecular weight is 263 g/mol. The topological polar surface area (TPSA) is 71.0 Å². The summed E-state index contributed by atoms with van der Waals surface area (Å²) in [5, 5.41) is 13.1. The zero-order chi connectivity index (χ0) is 12.4. The van der Waals surface area contributed by atoms with E-state index in [2.05, 4.69) is 24.8 Å². The fourth-order valence-electron chi connectivity index (χ4n) is 2.25. The molecular weight excluding hydrogens is 250 g/mol. The maximum Gasteiger partial charge on any atom is 0.141 e. The van der Waals surface area contributed by atoms with Crippen molar-refractivity contribution in [3.63, 3.8) is 0 Å². The highest BCUT2D eigenvalue weighted by Crippen LogP contribution is 2.29. The van der Waals surface area contributed by atoms with Crippen molar-refractivity contribution in [2.24, 2.45) is 0 Å². The number of carbonyl (C=O) groups is 1. The normalized spacial score (nSPS) is 18.9. The Morgan fingerprint density at radius 2 is 2.28 bits per heavy atom. The first-order chi connectivity index (χ1) is 8.90. The van der Waals surface area contributed by atoms with Gasteiger partial charge in [-0.25, -0.2) is 0 Å². The fraction of sp³-hybridized carbons (Fsp3) is 0.455. The minimum absolute atomic E-state index is 0.245. The van der Waals surface area contributed by atoms with Crippen LogP contribution in [-0.2, 0) is 4.79 Å². The average Bonchev–Trinajstić information content (AvgIpc) is 2.90. The van der Waals surface area contributed by atoms with E-state index in [1.54, 1.807) is 6.20 Å². The summed E-state index contributed by atoms with van der Waals surface area (Å²) in [4.78, 5) is 13.6.